The van der Waals surface area contributed by atoms with Gasteiger partial charge in [0, 0.05) is 135 Å². The average Bonchev–Trinajstić information content (AvgIpc) is 0.698. The van der Waals surface area contributed by atoms with Gasteiger partial charge in [-0.2, -0.15) is 10.5 Å². The van der Waals surface area contributed by atoms with Crippen LogP contribution in [0.5, 0.6) is 0 Å². The lowest BCUT2D eigenvalue weighted by Crippen LogP contribution is -2.38. The van der Waals surface area contributed by atoms with Gasteiger partial charge in [-0.1, -0.05) is 128 Å². The molecule has 4 aliphatic heterocycles. The predicted molar refractivity (Wildman–Crippen MR) is 409 cm³/mol. The van der Waals surface area contributed by atoms with E-state index in [0.717, 1.165) is 127 Å². The number of nitriles is 2. The maximum atomic E-state index is 13.9. The standard InChI is InChI=1S/2C18H16ClFN6S.C17H16Cl2FN5S.C17H16ClF2N5S/c2*19-18-25-15-16(22-10-23-17(15)27-18)24-13-3-5-26(6-4-13)9-11-1-2-14(20)12(7-11)8-21;18-12-7-10(1-2-13(12)20)8-25-5-3-11(4-6-25)23-15-14-16(22-9-21-15)26-17(19)24-14;18-17-24-14-15(21-9-22-16(14)26-17)23-11-3-5-25(6-4-11)8-10-1-2-12(19)13(20)7-10/h2*1-2,7,10,13H,3-6,9H2,(H,22,23,24);2*1-2,7,9,11H,3-6,8H2,(H,21,22,23)/i3D2,4D2,5D2,6D2,9D,13D;3D2,4D2,9D,13D;2*3D2,4D2,8D,9D,11D/hD4. The molecule has 106 heavy (non-hydrogen) atoms. The van der Waals surface area contributed by atoms with Crippen molar-refractivity contribution in [2.75, 3.05) is 73.5 Å². The third-order valence-corrected chi connectivity index (χ3v) is 18.6. The molecule has 0 bridgehead atoms. The van der Waals surface area contributed by atoms with Gasteiger partial charge in [-0.05, 0) is 122 Å². The van der Waals surface area contributed by atoms with E-state index in [2.05, 4.69) is 59.8 Å². The molecule has 22 nitrogen and oxygen atoms in total. The zero-order valence-corrected chi connectivity index (χ0v) is 59.9. The number of nitrogens with one attached hydrogen (secondary N) is 4. The molecule has 0 radical (unpaired) electrons. The van der Waals surface area contributed by atoms with Crippen LogP contribution in [0.1, 0.15) is 125 Å². The Morgan fingerprint density at radius 2 is 0.745 bits per heavy atom. The third-order valence-electron chi connectivity index (χ3n) is 14.0. The topological polar surface area (TPSA) is 263 Å². The quantitative estimate of drug-likeness (QED) is 0.0655. The van der Waals surface area contributed by atoms with E-state index in [1.165, 1.54) is 24.3 Å². The van der Waals surface area contributed by atoms with Crippen molar-refractivity contribution in [1.29, 1.82) is 10.5 Å². The van der Waals surface area contributed by atoms with Crippen LogP contribution in [0.15, 0.2) is 98.1 Å². The fourth-order valence-electron chi connectivity index (χ4n) is 9.25. The monoisotopic (exact) mass is 1640 g/mol. The van der Waals surface area contributed by atoms with Crippen LogP contribution in [-0.2, 0) is 26.1 Å². The zero-order valence-electron chi connectivity index (χ0n) is 86.9. The van der Waals surface area contributed by atoms with E-state index < -0.39 is 218 Å². The highest BCUT2D eigenvalue weighted by Crippen LogP contribution is 2.34. The second kappa shape index (κ2) is 35.7. The summed E-state index contributed by atoms with van der Waals surface area (Å²) in [6.07, 6.45) is -22.9. The van der Waals surface area contributed by atoms with Gasteiger partial charge in [0.15, 0.2) is 58.4 Å². The van der Waals surface area contributed by atoms with Gasteiger partial charge >= 0.3 is 0 Å². The number of halogens is 10. The van der Waals surface area contributed by atoms with Crippen molar-refractivity contribution in [3.05, 3.63) is 183 Å². The highest BCUT2D eigenvalue weighted by atomic mass is 35.5. The number of likely N-dealkylation sites (tertiary alicyclic amines) is 4. The van der Waals surface area contributed by atoms with Crippen molar-refractivity contribution < 1.29 is 68.7 Å². The molecule has 0 amide bonds. The number of fused-ring (bicyclic) bond motifs is 4. The van der Waals surface area contributed by atoms with E-state index in [4.69, 9.17) is 115 Å². The molecule has 4 N–H and O–H groups in total. The molecule has 0 spiro atoms. The van der Waals surface area contributed by atoms with Crippen molar-refractivity contribution in [3.63, 3.8) is 0 Å². The number of hydrogen-bond acceptors (Lipinski definition) is 26. The van der Waals surface area contributed by atoms with Gasteiger partial charge < -0.3 is 21.2 Å². The smallest absolute Gasteiger partial charge is 0.186 e. The SMILES string of the molecule is [2H]C(c1ccc(F)c(C#N)c1)N1C([2H])([2H])C([2H])([2H])C([2H])(N([2H])c2ncnc3sc(Cl)nc23)C([2H])([2H])C1([2H])[2H].[2H]C(c1ccc(F)c(C#N)c1)N1CC([2H])([2H])C([2H])(N([2H])c2ncnc3sc(Cl)nc23)C([2H])([2H])C1.[2H]c1nc(N([2H])C2([2H])C([2H])([2H])CN(C([2H])c3ccc(F)c(Cl)c3)CC2([2H])[2H])c2nc(Cl)sc2n1.[2H]c1nc(N([2H])C2([2H])C([2H])([2H])CN(C([2H])c3ccc(F)c(F)c3)CC2([2H])[2H])c2nc(Cl)sc2n1. The molecule has 12 heterocycles. The number of nitrogens with zero attached hydrogens (tertiary/aromatic N) is 18. The van der Waals surface area contributed by atoms with Crippen LogP contribution in [-0.4, -0.2) is 156 Å². The van der Waals surface area contributed by atoms with E-state index in [1.54, 1.807) is 6.07 Å². The summed E-state index contributed by atoms with van der Waals surface area (Å²) in [5.41, 5.74) is -1.13. The van der Waals surface area contributed by atoms with E-state index in [-0.39, 0.29) is 114 Å². The Labute approximate surface area is 694 Å². The number of piperidine rings is 4. The predicted octanol–water partition coefficient (Wildman–Crippen LogP) is 16.4. The first-order chi connectivity index (χ1) is 64.5. The molecule has 16 rings (SSSR count). The lowest BCUT2D eigenvalue weighted by Gasteiger charge is -2.32. The first-order valence-corrected chi connectivity index (χ1v) is 35.0. The minimum Gasteiger partial charge on any atom is -0.365 e. The molecule has 8 aromatic heterocycles. The van der Waals surface area contributed by atoms with Gasteiger partial charge in [0.2, 0.25) is 0 Å². The van der Waals surface area contributed by atoms with Crippen LogP contribution in [0.2, 0.25) is 28.5 Å². The lowest BCUT2D eigenvalue weighted by molar-refractivity contribution is 0.211. The number of benzene rings is 4. The average molecular weight is 1650 g/mol. The van der Waals surface area contributed by atoms with Crippen LogP contribution in [0.25, 0.3) is 41.4 Å². The molecule has 4 fully saturated rings. The van der Waals surface area contributed by atoms with Crippen molar-refractivity contribution in [2.45, 2.75) is 101 Å². The number of rotatable bonds is 16. The van der Waals surface area contributed by atoms with Gasteiger partial charge in [-0.3, -0.25) is 19.6 Å². The van der Waals surface area contributed by atoms with Crippen molar-refractivity contribution in [3.8, 4) is 12.1 Å². The Kier molecular flexibility index (Phi) is 15.0. The fourth-order valence-corrected chi connectivity index (χ4v) is 13.1. The largest absolute Gasteiger partial charge is 0.365 e. The highest BCUT2D eigenvalue weighted by Gasteiger charge is 2.27. The van der Waals surface area contributed by atoms with Crippen LogP contribution >= 0.6 is 103 Å². The second-order valence-electron chi connectivity index (χ2n) is 21.2. The summed E-state index contributed by atoms with van der Waals surface area (Å²) in [4.78, 5) is 50.8. The summed E-state index contributed by atoms with van der Waals surface area (Å²) < 4.78 is 359. The second-order valence-corrected chi connectivity index (χ2v) is 27.8. The molecule has 4 aromatic carbocycles. The molecule has 12 aromatic rings. The zero-order chi connectivity index (χ0) is 104. The van der Waals surface area contributed by atoms with Crippen molar-refractivity contribution in [2.24, 2.45) is 0 Å². The van der Waals surface area contributed by atoms with Gasteiger partial charge in [-0.15, -0.1) is 0 Å². The molecule has 0 aliphatic carbocycles. The van der Waals surface area contributed by atoms with Crippen LogP contribution in [0, 0.1) is 51.7 Å². The van der Waals surface area contributed by atoms with Crippen molar-refractivity contribution in [1.82, 2.24) is 79.4 Å². The summed E-state index contributed by atoms with van der Waals surface area (Å²) in [5.74, 6) is -6.54. The Balaban J connectivity index is 0.000000157. The molecule has 4 atom stereocenters. The maximum absolute atomic E-state index is 13.9. The Morgan fingerprint density at radius 1 is 0.425 bits per heavy atom. The molecular weight excluding hydrogens is 1550 g/mol. The summed E-state index contributed by atoms with van der Waals surface area (Å²) in [6.45, 7) is -17.4. The molecule has 548 valence electrons. The van der Waals surface area contributed by atoms with E-state index in [0.29, 0.717) is 10.1 Å². The fraction of sp³-hybridized carbons (Fsp3) is 0.343. The molecule has 4 unspecified atom stereocenters. The number of anilines is 4. The van der Waals surface area contributed by atoms with Gasteiger partial charge in [0.25, 0.3) is 0 Å². The van der Waals surface area contributed by atoms with Gasteiger partial charge in [0.1, 0.15) is 99.0 Å². The molecule has 4 saturated heterocycles. The van der Waals surface area contributed by atoms with Crippen molar-refractivity contribution >= 4 is 168 Å². The minimum absolute atomic E-state index is 0.00741. The summed E-state index contributed by atoms with van der Waals surface area (Å²) >= 11 is 33.1. The summed E-state index contributed by atoms with van der Waals surface area (Å²) in [6, 6.07) is 3.26. The normalized spacial score (nSPS) is 27.8. The maximum Gasteiger partial charge on any atom is 0.186 e. The third kappa shape index (κ3) is 20.0. The Hall–Kier alpha value is -8.12. The van der Waals surface area contributed by atoms with E-state index >= 15 is 0 Å². The summed E-state index contributed by atoms with van der Waals surface area (Å²) in [7, 11) is 0. The first kappa shape index (κ1) is 44.4. The van der Waals surface area contributed by atoms with E-state index in [1.807, 2.05) is 0 Å². The van der Waals surface area contributed by atoms with Crippen LogP contribution in [0.3, 0.4) is 0 Å². The number of hydrogen-bond donors (Lipinski definition) is 4. The number of aromatic nitrogens is 12. The Bertz CT molecular complexity index is 6620. The molecule has 0 saturated carbocycles. The van der Waals surface area contributed by atoms with Gasteiger partial charge in [-0.25, -0.2) is 81.8 Å². The number of thiazole rings is 4. The van der Waals surface area contributed by atoms with E-state index in [9.17, 15) is 22.0 Å². The van der Waals surface area contributed by atoms with Crippen LogP contribution < -0.4 is 21.2 Å². The first-order valence-electron chi connectivity index (χ1n) is 47.0. The molecule has 36 heteroatoms. The Morgan fingerprint density at radius 3 is 1.11 bits per heavy atom. The van der Waals surface area contributed by atoms with Crippen LogP contribution in [0.4, 0.5) is 45.2 Å². The highest BCUT2D eigenvalue weighted by molar-refractivity contribution is 7.22. The minimum atomic E-state index is -3.74. The molecule has 4 aliphatic rings. The summed E-state index contributed by atoms with van der Waals surface area (Å²) in [5, 5.41) is 18.7. The van der Waals surface area contributed by atoms with Gasteiger partial charge in [0.05, 0.1) is 21.6 Å². The lowest BCUT2D eigenvalue weighted by atomic mass is 10.0. The molecular formula is C70H64Cl5F5N22S4.